The average molecular weight is 223 g/mol. The van der Waals surface area contributed by atoms with Gasteiger partial charge in [-0.15, -0.1) is 0 Å². The molecule has 2 nitrogen and oxygen atoms in total. The summed E-state index contributed by atoms with van der Waals surface area (Å²) in [5, 5.41) is 0. The number of alkyl halides is 5. The summed E-state index contributed by atoms with van der Waals surface area (Å²) in [5.41, 5.74) is 0. The number of carbonyl (C=O) groups excluding carboxylic acids is 2. The lowest BCUT2D eigenvalue weighted by atomic mass is 10.2. The van der Waals surface area contributed by atoms with Crippen LogP contribution in [0.3, 0.4) is 0 Å². The lowest BCUT2D eigenvalue weighted by molar-refractivity contribution is -0.172. The Morgan fingerprint density at radius 3 is 1.58 bits per heavy atom. The van der Waals surface area contributed by atoms with Crippen LogP contribution < -0.4 is 0 Å². The summed E-state index contributed by atoms with van der Waals surface area (Å²) in [7, 11) is 0. The van der Waals surface area contributed by atoms with E-state index >= 15 is 0 Å². The van der Waals surface area contributed by atoms with Crippen LogP contribution in [0.4, 0.5) is 13.2 Å². The van der Waals surface area contributed by atoms with Crippen molar-refractivity contribution >= 4 is 34.8 Å². The van der Waals surface area contributed by atoms with E-state index < -0.39 is 22.1 Å². The van der Waals surface area contributed by atoms with Gasteiger partial charge in [0.1, 0.15) is 0 Å². The van der Waals surface area contributed by atoms with Crippen molar-refractivity contribution in [1.29, 1.82) is 0 Å². The molecule has 70 valence electrons. The summed E-state index contributed by atoms with van der Waals surface area (Å²) in [6.45, 7) is 0.698. The van der Waals surface area contributed by atoms with Gasteiger partial charge in [-0.3, -0.25) is 9.59 Å². The molecule has 7 heteroatoms. The Kier molecular flexibility index (Phi) is 3.14. The molecule has 0 aromatic carbocycles. The monoisotopic (exact) mass is 222 g/mol. The Bertz CT molecular complexity index is 221. The molecule has 0 spiro atoms. The molecule has 12 heavy (non-hydrogen) atoms. The van der Waals surface area contributed by atoms with E-state index in [1.54, 1.807) is 0 Å². The van der Waals surface area contributed by atoms with Crippen LogP contribution in [-0.2, 0) is 9.59 Å². The first-order valence-electron chi connectivity index (χ1n) is 2.60. The standard InChI is InChI=1S/C5H3Cl2F3O2/c1-2(11)4(6,7)3(12)5(8,9)10/h1H3. The minimum atomic E-state index is -5.20. The Balaban J connectivity index is 4.83. The zero-order chi connectivity index (χ0) is 10.2. The zero-order valence-electron chi connectivity index (χ0n) is 5.71. The summed E-state index contributed by atoms with van der Waals surface area (Å²) < 4.78 is 31.9. The smallest absolute Gasteiger partial charge is 0.296 e. The number of hydrogen-bond donors (Lipinski definition) is 0. The van der Waals surface area contributed by atoms with Crippen LogP contribution in [0, 0.1) is 0 Å². The van der Waals surface area contributed by atoms with Gasteiger partial charge in [-0.2, -0.15) is 13.2 Å². The second kappa shape index (κ2) is 3.22. The van der Waals surface area contributed by atoms with E-state index in [0.717, 1.165) is 0 Å². The lowest BCUT2D eigenvalue weighted by Gasteiger charge is -2.15. The third kappa shape index (κ3) is 2.35. The zero-order valence-corrected chi connectivity index (χ0v) is 7.22. The van der Waals surface area contributed by atoms with Crippen LogP contribution in [0.1, 0.15) is 6.92 Å². The molecule has 0 radical (unpaired) electrons. The van der Waals surface area contributed by atoms with Crippen LogP contribution in [0.15, 0.2) is 0 Å². The van der Waals surface area contributed by atoms with Gasteiger partial charge in [0.15, 0.2) is 5.78 Å². The van der Waals surface area contributed by atoms with Gasteiger partial charge < -0.3 is 0 Å². The molecule has 0 amide bonds. The van der Waals surface area contributed by atoms with E-state index in [-0.39, 0.29) is 0 Å². The van der Waals surface area contributed by atoms with E-state index in [0.29, 0.717) is 6.92 Å². The van der Waals surface area contributed by atoms with Crippen LogP contribution in [0.5, 0.6) is 0 Å². The minimum Gasteiger partial charge on any atom is -0.296 e. The van der Waals surface area contributed by atoms with Crippen molar-refractivity contribution in [3.8, 4) is 0 Å². The van der Waals surface area contributed by atoms with Crippen molar-refractivity contribution in [2.24, 2.45) is 0 Å². The Morgan fingerprint density at radius 1 is 1.17 bits per heavy atom. The molecule has 0 saturated carbocycles. The topological polar surface area (TPSA) is 34.1 Å². The van der Waals surface area contributed by atoms with Crippen molar-refractivity contribution in [3.63, 3.8) is 0 Å². The van der Waals surface area contributed by atoms with Gasteiger partial charge in [-0.1, -0.05) is 23.2 Å². The average Bonchev–Trinajstić information content (AvgIpc) is 1.83. The maximum Gasteiger partial charge on any atom is 0.453 e. The normalized spacial score (nSPS) is 12.8. The second-order valence-corrected chi connectivity index (χ2v) is 3.28. The Hall–Kier alpha value is -0.290. The molecule has 0 fully saturated rings. The van der Waals surface area contributed by atoms with Crippen LogP contribution in [0.25, 0.3) is 0 Å². The van der Waals surface area contributed by atoms with Crippen molar-refractivity contribution in [2.45, 2.75) is 17.4 Å². The molecular weight excluding hydrogens is 220 g/mol. The predicted octanol–water partition coefficient (Wildman–Crippen LogP) is 1.88. The number of hydrogen-bond acceptors (Lipinski definition) is 2. The number of rotatable bonds is 2. The van der Waals surface area contributed by atoms with Gasteiger partial charge in [0.25, 0.3) is 5.78 Å². The van der Waals surface area contributed by atoms with Gasteiger partial charge in [0.05, 0.1) is 0 Å². The van der Waals surface area contributed by atoms with Crippen LogP contribution in [0.2, 0.25) is 0 Å². The lowest BCUT2D eigenvalue weighted by Crippen LogP contribution is -2.43. The Morgan fingerprint density at radius 2 is 1.50 bits per heavy atom. The number of ketones is 2. The number of carbonyl (C=O) groups is 2. The van der Waals surface area contributed by atoms with Crippen molar-refractivity contribution in [2.75, 3.05) is 0 Å². The highest BCUT2D eigenvalue weighted by molar-refractivity contribution is 6.68. The van der Waals surface area contributed by atoms with Crippen molar-refractivity contribution in [3.05, 3.63) is 0 Å². The molecule has 0 aliphatic carbocycles. The first-order chi connectivity index (χ1) is 5.10. The molecule has 0 N–H and O–H groups in total. The maximum absolute atomic E-state index is 11.6. The molecule has 0 saturated heterocycles. The SMILES string of the molecule is CC(=O)C(Cl)(Cl)C(=O)C(F)(F)F. The van der Waals surface area contributed by atoms with Gasteiger partial charge in [0, 0.05) is 0 Å². The van der Waals surface area contributed by atoms with Gasteiger partial charge in [0.2, 0.25) is 4.33 Å². The van der Waals surface area contributed by atoms with E-state index in [9.17, 15) is 22.8 Å². The van der Waals surface area contributed by atoms with E-state index in [4.69, 9.17) is 23.2 Å². The molecule has 0 aromatic rings. The molecule has 0 atom stereocenters. The third-order valence-corrected chi connectivity index (χ3v) is 1.86. The molecule has 0 aliphatic rings. The van der Waals surface area contributed by atoms with Gasteiger partial charge >= 0.3 is 6.18 Å². The summed E-state index contributed by atoms with van der Waals surface area (Å²) in [4.78, 5) is 20.7. The fraction of sp³-hybridized carbons (Fsp3) is 0.600. The Labute approximate surface area is 75.6 Å². The van der Waals surface area contributed by atoms with Crippen molar-refractivity contribution < 1.29 is 22.8 Å². The fourth-order valence-corrected chi connectivity index (χ4v) is 0.552. The molecule has 0 rings (SSSR count). The molecule has 0 bridgehead atoms. The molecule has 0 aromatic heterocycles. The fourth-order valence-electron chi connectivity index (χ4n) is 0.338. The highest BCUT2D eigenvalue weighted by Gasteiger charge is 2.54. The summed E-state index contributed by atoms with van der Waals surface area (Å²) in [6.07, 6.45) is -5.20. The highest BCUT2D eigenvalue weighted by atomic mass is 35.5. The largest absolute Gasteiger partial charge is 0.453 e. The van der Waals surface area contributed by atoms with Crippen LogP contribution in [-0.4, -0.2) is 22.1 Å². The summed E-state index contributed by atoms with van der Waals surface area (Å²) >= 11 is 9.71. The van der Waals surface area contributed by atoms with Crippen molar-refractivity contribution in [1.82, 2.24) is 0 Å². The minimum absolute atomic E-state index is 0.698. The predicted molar refractivity (Wildman–Crippen MR) is 36.2 cm³/mol. The van der Waals surface area contributed by atoms with Gasteiger partial charge in [-0.05, 0) is 6.92 Å². The van der Waals surface area contributed by atoms with Crippen LogP contribution >= 0.6 is 23.2 Å². The van der Waals surface area contributed by atoms with E-state index in [1.807, 2.05) is 0 Å². The first kappa shape index (κ1) is 11.7. The quantitative estimate of drug-likeness (QED) is 0.529. The second-order valence-electron chi connectivity index (χ2n) is 1.96. The maximum atomic E-state index is 11.6. The highest BCUT2D eigenvalue weighted by Crippen LogP contribution is 2.32. The summed E-state index contributed by atoms with van der Waals surface area (Å²) in [6, 6.07) is 0. The summed E-state index contributed by atoms with van der Waals surface area (Å²) in [5.74, 6) is -3.72. The number of Topliss-reactive ketones (excluding diaryl/α,β-unsaturated/α-hetero) is 2. The molecular formula is C5H3Cl2F3O2. The van der Waals surface area contributed by atoms with Gasteiger partial charge in [-0.25, -0.2) is 0 Å². The third-order valence-electron chi connectivity index (χ3n) is 0.985. The molecule has 0 unspecified atom stereocenters. The first-order valence-corrected chi connectivity index (χ1v) is 3.36. The molecule has 0 aliphatic heterocycles. The molecule has 0 heterocycles. The van der Waals surface area contributed by atoms with E-state index in [2.05, 4.69) is 0 Å². The van der Waals surface area contributed by atoms with E-state index in [1.165, 1.54) is 0 Å². The number of halogens is 5.